The molecule has 0 saturated carbocycles. The van der Waals surface area contributed by atoms with Crippen molar-refractivity contribution in [2.45, 2.75) is 18.2 Å². The molecule has 11 heavy (non-hydrogen) atoms. The highest BCUT2D eigenvalue weighted by Crippen LogP contribution is 2.23. The first-order valence-corrected chi connectivity index (χ1v) is 5.90. The summed E-state index contributed by atoms with van der Waals surface area (Å²) in [6, 6.07) is 6.65. The molecule has 0 aliphatic rings. The van der Waals surface area contributed by atoms with Crippen LogP contribution in [0.4, 0.5) is 0 Å². The summed E-state index contributed by atoms with van der Waals surface area (Å²) < 4.78 is 1.35. The van der Waals surface area contributed by atoms with E-state index in [0.717, 1.165) is 6.42 Å². The highest BCUT2D eigenvalue weighted by molar-refractivity contribution is 14.1. The van der Waals surface area contributed by atoms with Gasteiger partial charge in [-0.15, -0.1) is 11.8 Å². The van der Waals surface area contributed by atoms with Gasteiger partial charge in [-0.25, -0.2) is 0 Å². The van der Waals surface area contributed by atoms with Gasteiger partial charge in [-0.3, -0.25) is 0 Å². The Kier molecular flexibility index (Phi) is 3.72. The fourth-order valence-corrected chi connectivity index (χ4v) is 2.45. The lowest BCUT2D eigenvalue weighted by molar-refractivity contribution is 1.12. The van der Waals surface area contributed by atoms with Crippen molar-refractivity contribution in [3.05, 3.63) is 27.3 Å². The molecule has 2 heteroatoms. The van der Waals surface area contributed by atoms with Gasteiger partial charge in [0.2, 0.25) is 0 Å². The molecule has 1 aromatic rings. The SMILES string of the molecule is CCc1ccc(I)c(SC)c1. The molecule has 0 nitrogen and oxygen atoms in total. The van der Waals surface area contributed by atoms with Crippen LogP contribution in [0.3, 0.4) is 0 Å². The van der Waals surface area contributed by atoms with Crippen LogP contribution >= 0.6 is 34.4 Å². The number of thioether (sulfide) groups is 1. The zero-order valence-corrected chi connectivity index (χ0v) is 9.70. The predicted octanol–water partition coefficient (Wildman–Crippen LogP) is 3.58. The van der Waals surface area contributed by atoms with Crippen LogP contribution in [-0.2, 0) is 6.42 Å². The van der Waals surface area contributed by atoms with Crippen LogP contribution in [0.25, 0.3) is 0 Å². The van der Waals surface area contributed by atoms with E-state index in [1.54, 1.807) is 0 Å². The van der Waals surface area contributed by atoms with Gasteiger partial charge in [0.05, 0.1) is 0 Å². The second-order valence-electron chi connectivity index (χ2n) is 2.32. The Hall–Kier alpha value is 0.300. The van der Waals surface area contributed by atoms with Crippen LogP contribution in [0.5, 0.6) is 0 Å². The number of benzene rings is 1. The fourth-order valence-electron chi connectivity index (χ4n) is 0.924. The lowest BCUT2D eigenvalue weighted by Crippen LogP contribution is -1.83. The quantitative estimate of drug-likeness (QED) is 0.588. The van der Waals surface area contributed by atoms with E-state index in [1.807, 2.05) is 11.8 Å². The molecule has 0 atom stereocenters. The van der Waals surface area contributed by atoms with Gasteiger partial charge in [0.15, 0.2) is 0 Å². The molecule has 0 aromatic heterocycles. The number of halogens is 1. The Balaban J connectivity index is 3.02. The van der Waals surface area contributed by atoms with E-state index in [-0.39, 0.29) is 0 Å². The van der Waals surface area contributed by atoms with Gasteiger partial charge in [0, 0.05) is 8.47 Å². The van der Waals surface area contributed by atoms with E-state index >= 15 is 0 Å². The maximum Gasteiger partial charge on any atom is 0.0266 e. The van der Waals surface area contributed by atoms with Crippen molar-refractivity contribution in [1.82, 2.24) is 0 Å². The summed E-state index contributed by atoms with van der Waals surface area (Å²) >= 11 is 4.19. The van der Waals surface area contributed by atoms with E-state index in [9.17, 15) is 0 Å². The van der Waals surface area contributed by atoms with Crippen molar-refractivity contribution in [3.8, 4) is 0 Å². The van der Waals surface area contributed by atoms with Crippen molar-refractivity contribution in [2.75, 3.05) is 6.26 Å². The van der Waals surface area contributed by atoms with Crippen LogP contribution in [0, 0.1) is 3.57 Å². The van der Waals surface area contributed by atoms with E-state index in [2.05, 4.69) is 54.0 Å². The first-order valence-electron chi connectivity index (χ1n) is 3.60. The molecule has 0 spiro atoms. The maximum atomic E-state index is 2.37. The van der Waals surface area contributed by atoms with Gasteiger partial charge in [-0.1, -0.05) is 13.0 Å². The lowest BCUT2D eigenvalue weighted by Gasteiger charge is -2.02. The van der Waals surface area contributed by atoms with Gasteiger partial charge in [-0.05, 0) is 53.0 Å². The van der Waals surface area contributed by atoms with E-state index < -0.39 is 0 Å². The third kappa shape index (κ3) is 2.37. The van der Waals surface area contributed by atoms with Crippen molar-refractivity contribution < 1.29 is 0 Å². The largest absolute Gasteiger partial charge is 0.128 e. The topological polar surface area (TPSA) is 0 Å². The Morgan fingerprint density at radius 1 is 1.45 bits per heavy atom. The summed E-state index contributed by atoms with van der Waals surface area (Å²) in [5.41, 5.74) is 1.43. The van der Waals surface area contributed by atoms with Gasteiger partial charge in [0.1, 0.15) is 0 Å². The average Bonchev–Trinajstić information content (AvgIpc) is 2.05. The summed E-state index contributed by atoms with van der Waals surface area (Å²) in [5.74, 6) is 0. The standard InChI is InChI=1S/C9H11IS/c1-3-7-4-5-8(10)9(6-7)11-2/h4-6H,3H2,1-2H3. The summed E-state index contributed by atoms with van der Waals surface area (Å²) in [4.78, 5) is 1.39. The predicted molar refractivity (Wildman–Crippen MR) is 60.3 cm³/mol. The lowest BCUT2D eigenvalue weighted by atomic mass is 10.2. The molecule has 0 bridgehead atoms. The summed E-state index contributed by atoms with van der Waals surface area (Å²) in [7, 11) is 0. The summed E-state index contributed by atoms with van der Waals surface area (Å²) in [5, 5.41) is 0. The summed E-state index contributed by atoms with van der Waals surface area (Å²) in [6.07, 6.45) is 3.25. The fraction of sp³-hybridized carbons (Fsp3) is 0.333. The van der Waals surface area contributed by atoms with Crippen LogP contribution in [-0.4, -0.2) is 6.26 Å². The van der Waals surface area contributed by atoms with Gasteiger partial charge in [0.25, 0.3) is 0 Å². The normalized spacial score (nSPS) is 10.1. The first kappa shape index (κ1) is 9.39. The van der Waals surface area contributed by atoms with Crippen molar-refractivity contribution in [2.24, 2.45) is 0 Å². The second-order valence-corrected chi connectivity index (χ2v) is 4.33. The highest BCUT2D eigenvalue weighted by atomic mass is 127. The minimum atomic E-state index is 1.13. The minimum absolute atomic E-state index is 1.13. The van der Waals surface area contributed by atoms with Crippen molar-refractivity contribution in [1.29, 1.82) is 0 Å². The molecular weight excluding hydrogens is 267 g/mol. The van der Waals surface area contributed by atoms with Crippen LogP contribution in [0.1, 0.15) is 12.5 Å². The molecular formula is C9H11IS. The van der Waals surface area contributed by atoms with Gasteiger partial charge in [-0.2, -0.15) is 0 Å². The maximum absolute atomic E-state index is 2.37. The molecule has 0 aliphatic carbocycles. The van der Waals surface area contributed by atoms with E-state index in [4.69, 9.17) is 0 Å². The number of aryl methyl sites for hydroxylation is 1. The molecule has 0 amide bonds. The van der Waals surface area contributed by atoms with E-state index in [0.29, 0.717) is 0 Å². The monoisotopic (exact) mass is 278 g/mol. The molecule has 1 aromatic carbocycles. The smallest absolute Gasteiger partial charge is 0.0266 e. The second kappa shape index (κ2) is 4.36. The molecule has 1 rings (SSSR count). The Morgan fingerprint density at radius 2 is 2.18 bits per heavy atom. The Bertz CT molecular complexity index is 245. The van der Waals surface area contributed by atoms with Gasteiger partial charge < -0.3 is 0 Å². The zero-order chi connectivity index (χ0) is 8.27. The molecule has 0 unspecified atom stereocenters. The summed E-state index contributed by atoms with van der Waals surface area (Å²) in [6.45, 7) is 2.19. The molecule has 0 radical (unpaired) electrons. The van der Waals surface area contributed by atoms with Crippen molar-refractivity contribution in [3.63, 3.8) is 0 Å². The highest BCUT2D eigenvalue weighted by Gasteiger charge is 1.97. The van der Waals surface area contributed by atoms with Gasteiger partial charge >= 0.3 is 0 Å². The molecule has 0 heterocycles. The molecule has 60 valence electrons. The number of hydrogen-bond donors (Lipinski definition) is 0. The third-order valence-electron chi connectivity index (χ3n) is 1.62. The molecule has 0 saturated heterocycles. The van der Waals surface area contributed by atoms with Crippen molar-refractivity contribution >= 4 is 34.4 Å². The molecule has 0 aliphatic heterocycles. The Labute approximate surface area is 85.9 Å². The first-order chi connectivity index (χ1) is 5.27. The zero-order valence-electron chi connectivity index (χ0n) is 6.73. The molecule has 0 fully saturated rings. The minimum Gasteiger partial charge on any atom is -0.128 e. The third-order valence-corrected chi connectivity index (χ3v) is 3.71. The Morgan fingerprint density at radius 3 is 2.73 bits per heavy atom. The van der Waals surface area contributed by atoms with Crippen LogP contribution in [0.15, 0.2) is 23.1 Å². The number of hydrogen-bond acceptors (Lipinski definition) is 1. The van der Waals surface area contributed by atoms with Crippen LogP contribution in [0.2, 0.25) is 0 Å². The van der Waals surface area contributed by atoms with E-state index in [1.165, 1.54) is 14.0 Å². The average molecular weight is 278 g/mol. The molecule has 0 N–H and O–H groups in total. The number of rotatable bonds is 2. The van der Waals surface area contributed by atoms with Crippen LogP contribution < -0.4 is 0 Å².